The van der Waals surface area contributed by atoms with Crippen molar-refractivity contribution in [3.8, 4) is 0 Å². The molecule has 92 valence electrons. The molecule has 0 spiro atoms. The summed E-state index contributed by atoms with van der Waals surface area (Å²) in [5.74, 6) is -0.140. The lowest BCUT2D eigenvalue weighted by Crippen LogP contribution is -2.07. The maximum atomic E-state index is 11.1. The molecule has 1 aromatic rings. The SMILES string of the molecule is O=C(CCl)CC(Cl)C=C(Cl)c1ccc(Cl)cc1. The maximum absolute atomic E-state index is 11.1. The molecule has 0 aliphatic carbocycles. The molecule has 1 nitrogen and oxygen atoms in total. The summed E-state index contributed by atoms with van der Waals surface area (Å²) in [6, 6.07) is 7.04. The van der Waals surface area contributed by atoms with Crippen molar-refractivity contribution >= 4 is 57.2 Å². The van der Waals surface area contributed by atoms with Crippen LogP contribution in [0.4, 0.5) is 0 Å². The number of carbonyl (C=O) groups excluding carboxylic acids is 1. The average molecular weight is 312 g/mol. The van der Waals surface area contributed by atoms with Crippen molar-refractivity contribution in [3.05, 3.63) is 40.9 Å². The number of halogens is 4. The zero-order valence-corrected chi connectivity index (χ0v) is 11.8. The summed E-state index contributed by atoms with van der Waals surface area (Å²) < 4.78 is 0. The van der Waals surface area contributed by atoms with Crippen LogP contribution in [0.25, 0.3) is 5.03 Å². The maximum Gasteiger partial charge on any atom is 0.149 e. The first-order chi connectivity index (χ1) is 8.02. The van der Waals surface area contributed by atoms with E-state index >= 15 is 0 Å². The van der Waals surface area contributed by atoms with Gasteiger partial charge in [-0.05, 0) is 23.8 Å². The number of hydrogen-bond acceptors (Lipinski definition) is 1. The Labute approximate surface area is 120 Å². The topological polar surface area (TPSA) is 17.1 Å². The van der Waals surface area contributed by atoms with E-state index in [1.807, 2.05) is 0 Å². The Hall–Kier alpha value is -0.210. The minimum Gasteiger partial charge on any atom is -0.298 e. The molecular formula is C12H10Cl4O. The molecule has 0 heterocycles. The molecule has 0 aliphatic heterocycles. The molecule has 1 aromatic carbocycles. The van der Waals surface area contributed by atoms with Crippen LogP contribution in [-0.2, 0) is 4.79 Å². The van der Waals surface area contributed by atoms with Crippen molar-refractivity contribution in [2.24, 2.45) is 0 Å². The summed E-state index contributed by atoms with van der Waals surface area (Å²) in [5, 5.41) is 0.673. The fraction of sp³-hybridized carbons (Fsp3) is 0.250. The van der Waals surface area contributed by atoms with Gasteiger partial charge in [-0.2, -0.15) is 0 Å². The Kier molecular flexibility index (Phi) is 6.35. The van der Waals surface area contributed by atoms with Gasteiger partial charge >= 0.3 is 0 Å². The Morgan fingerprint density at radius 3 is 2.41 bits per heavy atom. The molecule has 1 atom stereocenters. The van der Waals surface area contributed by atoms with Crippen LogP contribution in [0.1, 0.15) is 12.0 Å². The zero-order valence-electron chi connectivity index (χ0n) is 8.80. The lowest BCUT2D eigenvalue weighted by Gasteiger charge is -2.04. The fourth-order valence-electron chi connectivity index (χ4n) is 1.20. The molecule has 0 N–H and O–H groups in total. The quantitative estimate of drug-likeness (QED) is 0.719. The molecule has 0 amide bonds. The van der Waals surface area contributed by atoms with E-state index in [0.717, 1.165) is 5.56 Å². The van der Waals surface area contributed by atoms with E-state index in [1.165, 1.54) is 0 Å². The van der Waals surface area contributed by atoms with E-state index in [1.54, 1.807) is 30.3 Å². The van der Waals surface area contributed by atoms with Gasteiger partial charge < -0.3 is 0 Å². The molecule has 0 fully saturated rings. The van der Waals surface area contributed by atoms with E-state index in [9.17, 15) is 4.79 Å². The summed E-state index contributed by atoms with van der Waals surface area (Å²) in [5.41, 5.74) is 0.806. The van der Waals surface area contributed by atoms with Gasteiger partial charge in [-0.15, -0.1) is 23.2 Å². The van der Waals surface area contributed by atoms with E-state index in [2.05, 4.69) is 0 Å². The average Bonchev–Trinajstić information content (AvgIpc) is 2.29. The normalized spacial score (nSPS) is 13.5. The third kappa shape index (κ3) is 5.31. The van der Waals surface area contributed by atoms with E-state index in [-0.39, 0.29) is 18.1 Å². The van der Waals surface area contributed by atoms with E-state index < -0.39 is 5.38 Å². The number of rotatable bonds is 5. The highest BCUT2D eigenvalue weighted by Gasteiger charge is 2.09. The molecule has 1 rings (SSSR count). The van der Waals surface area contributed by atoms with Gasteiger partial charge in [0.25, 0.3) is 0 Å². The number of alkyl halides is 2. The number of carbonyl (C=O) groups is 1. The van der Waals surface area contributed by atoms with Gasteiger partial charge in [0.05, 0.1) is 11.3 Å². The Morgan fingerprint density at radius 2 is 1.88 bits per heavy atom. The van der Waals surface area contributed by atoms with Crippen LogP contribution in [-0.4, -0.2) is 17.0 Å². The van der Waals surface area contributed by atoms with Crippen LogP contribution in [0, 0.1) is 0 Å². The van der Waals surface area contributed by atoms with Crippen molar-refractivity contribution in [1.82, 2.24) is 0 Å². The Bertz CT molecular complexity index is 411. The summed E-state index contributed by atoms with van der Waals surface area (Å²) in [4.78, 5) is 11.1. The highest BCUT2D eigenvalue weighted by molar-refractivity contribution is 6.49. The third-order valence-corrected chi connectivity index (χ3v) is 3.19. The zero-order chi connectivity index (χ0) is 12.8. The van der Waals surface area contributed by atoms with Gasteiger partial charge in [-0.1, -0.05) is 35.3 Å². The predicted molar refractivity (Wildman–Crippen MR) is 75.3 cm³/mol. The largest absolute Gasteiger partial charge is 0.298 e. The summed E-state index contributed by atoms with van der Waals surface area (Å²) in [6.45, 7) is 0. The molecule has 0 saturated heterocycles. The second-order valence-electron chi connectivity index (χ2n) is 3.41. The fourth-order valence-corrected chi connectivity index (χ4v) is 2.07. The van der Waals surface area contributed by atoms with Gasteiger partial charge in [0.1, 0.15) is 5.78 Å². The van der Waals surface area contributed by atoms with Gasteiger partial charge in [0.15, 0.2) is 0 Å². The van der Waals surface area contributed by atoms with Crippen molar-refractivity contribution < 1.29 is 4.79 Å². The molecule has 0 radical (unpaired) electrons. The smallest absolute Gasteiger partial charge is 0.149 e. The van der Waals surface area contributed by atoms with Crippen LogP contribution >= 0.6 is 46.4 Å². The molecule has 17 heavy (non-hydrogen) atoms. The van der Waals surface area contributed by atoms with Gasteiger partial charge in [-0.3, -0.25) is 4.79 Å². The lowest BCUT2D eigenvalue weighted by atomic mass is 10.1. The van der Waals surface area contributed by atoms with Crippen molar-refractivity contribution in [1.29, 1.82) is 0 Å². The molecule has 1 unspecified atom stereocenters. The number of allylic oxidation sites excluding steroid dienone is 1. The Balaban J connectivity index is 2.71. The molecular weight excluding hydrogens is 302 g/mol. The number of benzene rings is 1. The van der Waals surface area contributed by atoms with Crippen molar-refractivity contribution in [2.45, 2.75) is 11.8 Å². The first kappa shape index (κ1) is 14.8. The molecule has 5 heteroatoms. The van der Waals surface area contributed by atoms with Crippen LogP contribution in [0.2, 0.25) is 5.02 Å². The van der Waals surface area contributed by atoms with Crippen LogP contribution in [0.3, 0.4) is 0 Å². The van der Waals surface area contributed by atoms with E-state index in [0.29, 0.717) is 10.1 Å². The second kappa shape index (κ2) is 7.27. The summed E-state index contributed by atoms with van der Waals surface area (Å²) in [7, 11) is 0. The first-order valence-corrected chi connectivity index (χ1v) is 6.60. The highest BCUT2D eigenvalue weighted by Crippen LogP contribution is 2.23. The molecule has 0 aromatic heterocycles. The standard InChI is InChI=1S/C12H10Cl4O/c13-7-11(17)5-10(15)6-12(16)8-1-3-9(14)4-2-8/h1-4,6,10H,5,7H2. The summed E-state index contributed by atoms with van der Waals surface area (Å²) >= 11 is 23.2. The van der Waals surface area contributed by atoms with Crippen LogP contribution < -0.4 is 0 Å². The van der Waals surface area contributed by atoms with Gasteiger partial charge in [-0.25, -0.2) is 0 Å². The minimum atomic E-state index is -0.454. The predicted octanol–water partition coefficient (Wildman–Crippen LogP) is 4.73. The van der Waals surface area contributed by atoms with E-state index in [4.69, 9.17) is 46.4 Å². The monoisotopic (exact) mass is 310 g/mol. The highest BCUT2D eigenvalue weighted by atomic mass is 35.5. The molecule has 0 aliphatic rings. The lowest BCUT2D eigenvalue weighted by molar-refractivity contribution is -0.116. The van der Waals surface area contributed by atoms with Crippen LogP contribution in [0.5, 0.6) is 0 Å². The van der Waals surface area contributed by atoms with Crippen LogP contribution in [0.15, 0.2) is 30.3 Å². The number of hydrogen-bond donors (Lipinski definition) is 0. The number of ketones is 1. The second-order valence-corrected chi connectivity index (χ2v) is 5.09. The first-order valence-electron chi connectivity index (χ1n) is 4.88. The minimum absolute atomic E-state index is 0.0321. The summed E-state index contributed by atoms with van der Waals surface area (Å²) in [6.07, 6.45) is 1.80. The molecule has 0 saturated carbocycles. The van der Waals surface area contributed by atoms with Crippen molar-refractivity contribution in [2.75, 3.05) is 5.88 Å². The van der Waals surface area contributed by atoms with Crippen molar-refractivity contribution in [3.63, 3.8) is 0 Å². The van der Waals surface area contributed by atoms with Gasteiger partial charge in [0, 0.05) is 16.5 Å². The molecule has 0 bridgehead atoms. The number of Topliss-reactive ketones (excluding diaryl/α,β-unsaturated/α-hetero) is 1. The van der Waals surface area contributed by atoms with Gasteiger partial charge in [0.2, 0.25) is 0 Å². The third-order valence-electron chi connectivity index (χ3n) is 2.02. The Morgan fingerprint density at radius 1 is 1.29 bits per heavy atom.